The van der Waals surface area contributed by atoms with Crippen molar-refractivity contribution >= 4 is 5.97 Å². The van der Waals surface area contributed by atoms with Gasteiger partial charge >= 0.3 is 5.97 Å². The number of nitrogens with two attached hydrogens (primary N) is 1. The Balaban J connectivity index is 2.05. The first kappa shape index (κ1) is 10.9. The standard InChI is InChI=1S/C12H21NO2/c1-4-15-11(14)8-5-7-6-9(10(8)13)12(7,2)3/h7-10H,4-6,13H2,1-3H3/t7-,8-,9-,10-/m0/s1. The van der Waals surface area contributed by atoms with E-state index in [1.165, 1.54) is 6.42 Å². The van der Waals surface area contributed by atoms with Crippen molar-refractivity contribution in [3.05, 3.63) is 0 Å². The maximum atomic E-state index is 11.7. The van der Waals surface area contributed by atoms with E-state index in [1.54, 1.807) is 0 Å². The minimum absolute atomic E-state index is 0.00375. The molecule has 3 aliphatic rings. The van der Waals surface area contributed by atoms with Crippen LogP contribution in [-0.4, -0.2) is 18.6 Å². The van der Waals surface area contributed by atoms with E-state index in [0.717, 1.165) is 6.42 Å². The van der Waals surface area contributed by atoms with E-state index in [1.807, 2.05) is 6.92 Å². The van der Waals surface area contributed by atoms with Gasteiger partial charge in [-0.15, -0.1) is 0 Å². The molecule has 2 N–H and O–H groups in total. The summed E-state index contributed by atoms with van der Waals surface area (Å²) < 4.78 is 5.07. The zero-order chi connectivity index (χ0) is 11.2. The molecule has 0 heterocycles. The van der Waals surface area contributed by atoms with Crippen LogP contribution in [0.5, 0.6) is 0 Å². The molecule has 4 atom stereocenters. The highest BCUT2D eigenvalue weighted by atomic mass is 16.5. The van der Waals surface area contributed by atoms with Crippen molar-refractivity contribution in [2.75, 3.05) is 6.61 Å². The van der Waals surface area contributed by atoms with Crippen LogP contribution in [0.1, 0.15) is 33.6 Å². The fourth-order valence-corrected chi connectivity index (χ4v) is 3.36. The van der Waals surface area contributed by atoms with Gasteiger partial charge in [0.15, 0.2) is 0 Å². The van der Waals surface area contributed by atoms with Gasteiger partial charge in [0.25, 0.3) is 0 Å². The maximum absolute atomic E-state index is 11.7. The third kappa shape index (κ3) is 1.48. The second-order valence-electron chi connectivity index (χ2n) is 5.53. The lowest BCUT2D eigenvalue weighted by molar-refractivity contribution is -0.164. The third-order valence-electron chi connectivity index (χ3n) is 4.60. The number of fused-ring (bicyclic) bond motifs is 2. The summed E-state index contributed by atoms with van der Waals surface area (Å²) in [6.07, 6.45) is 2.12. The molecule has 0 aliphatic heterocycles. The molecule has 3 nitrogen and oxygen atoms in total. The average Bonchev–Trinajstić information content (AvgIpc) is 2.17. The molecule has 0 radical (unpaired) electrons. The molecular formula is C12H21NO2. The van der Waals surface area contributed by atoms with E-state index >= 15 is 0 Å². The van der Waals surface area contributed by atoms with Crippen LogP contribution in [0.15, 0.2) is 0 Å². The second-order valence-corrected chi connectivity index (χ2v) is 5.53. The van der Waals surface area contributed by atoms with Crippen molar-refractivity contribution in [2.24, 2.45) is 28.9 Å². The Morgan fingerprint density at radius 3 is 2.60 bits per heavy atom. The van der Waals surface area contributed by atoms with Crippen molar-refractivity contribution in [2.45, 2.75) is 39.7 Å². The monoisotopic (exact) mass is 211 g/mol. The van der Waals surface area contributed by atoms with Crippen LogP contribution in [0, 0.1) is 23.2 Å². The fourth-order valence-electron chi connectivity index (χ4n) is 3.36. The highest BCUT2D eigenvalue weighted by Crippen LogP contribution is 2.60. The van der Waals surface area contributed by atoms with Gasteiger partial charge in [-0.1, -0.05) is 13.8 Å². The lowest BCUT2D eigenvalue weighted by Gasteiger charge is -2.61. The van der Waals surface area contributed by atoms with Crippen LogP contribution in [0.25, 0.3) is 0 Å². The minimum Gasteiger partial charge on any atom is -0.466 e. The SMILES string of the molecule is CCOC(=O)[C@H]1C[C@H]2C[C@@H]([C@H]1N)C2(C)C. The van der Waals surface area contributed by atoms with E-state index in [9.17, 15) is 4.79 Å². The predicted molar refractivity (Wildman–Crippen MR) is 58.1 cm³/mol. The maximum Gasteiger partial charge on any atom is 0.310 e. The Hall–Kier alpha value is -0.570. The Morgan fingerprint density at radius 1 is 1.47 bits per heavy atom. The molecule has 3 heteroatoms. The van der Waals surface area contributed by atoms with Crippen LogP contribution >= 0.6 is 0 Å². The summed E-state index contributed by atoms with van der Waals surface area (Å²) in [6.45, 7) is 6.85. The first-order valence-corrected chi connectivity index (χ1v) is 5.90. The summed E-state index contributed by atoms with van der Waals surface area (Å²) in [4.78, 5) is 11.7. The van der Waals surface area contributed by atoms with Crippen molar-refractivity contribution in [1.82, 2.24) is 0 Å². The van der Waals surface area contributed by atoms with Crippen LogP contribution in [0.3, 0.4) is 0 Å². The summed E-state index contributed by atoms with van der Waals surface area (Å²) in [5.41, 5.74) is 6.50. The number of hydrogen-bond donors (Lipinski definition) is 1. The van der Waals surface area contributed by atoms with E-state index in [2.05, 4.69) is 13.8 Å². The smallest absolute Gasteiger partial charge is 0.310 e. The van der Waals surface area contributed by atoms with Gasteiger partial charge in [-0.2, -0.15) is 0 Å². The quantitative estimate of drug-likeness (QED) is 0.705. The molecule has 0 aromatic rings. The molecule has 15 heavy (non-hydrogen) atoms. The minimum atomic E-state index is -0.0878. The Morgan fingerprint density at radius 2 is 2.13 bits per heavy atom. The van der Waals surface area contributed by atoms with Gasteiger partial charge in [-0.3, -0.25) is 4.79 Å². The summed E-state index contributed by atoms with van der Waals surface area (Å²) in [5, 5.41) is 0. The number of carbonyl (C=O) groups excluding carboxylic acids is 1. The van der Waals surface area contributed by atoms with Gasteiger partial charge in [-0.05, 0) is 37.0 Å². The summed E-state index contributed by atoms with van der Waals surface area (Å²) in [6, 6.07) is 0.00375. The number of rotatable bonds is 2. The number of ether oxygens (including phenoxy) is 1. The van der Waals surface area contributed by atoms with E-state index in [-0.39, 0.29) is 17.9 Å². The molecule has 3 aliphatic carbocycles. The van der Waals surface area contributed by atoms with Crippen LogP contribution in [0.4, 0.5) is 0 Å². The number of esters is 1. The molecule has 2 bridgehead atoms. The van der Waals surface area contributed by atoms with Crippen LogP contribution in [-0.2, 0) is 9.53 Å². The molecule has 86 valence electrons. The molecule has 0 aromatic carbocycles. The predicted octanol–water partition coefficient (Wildman–Crippen LogP) is 1.56. The largest absolute Gasteiger partial charge is 0.466 e. The Kier molecular flexibility index (Phi) is 2.53. The zero-order valence-electron chi connectivity index (χ0n) is 9.82. The van der Waals surface area contributed by atoms with Crippen molar-refractivity contribution < 1.29 is 9.53 Å². The highest BCUT2D eigenvalue weighted by Gasteiger charge is 2.58. The summed E-state index contributed by atoms with van der Waals surface area (Å²) >= 11 is 0. The number of hydrogen-bond acceptors (Lipinski definition) is 3. The van der Waals surface area contributed by atoms with E-state index in [4.69, 9.17) is 10.5 Å². The van der Waals surface area contributed by atoms with Gasteiger partial charge in [0, 0.05) is 6.04 Å². The van der Waals surface area contributed by atoms with Gasteiger partial charge in [0.1, 0.15) is 0 Å². The Bertz CT molecular complexity index is 275. The molecule has 0 aromatic heterocycles. The molecule has 3 fully saturated rings. The normalized spacial score (nSPS) is 41.9. The van der Waals surface area contributed by atoms with Gasteiger partial charge in [-0.25, -0.2) is 0 Å². The first-order valence-electron chi connectivity index (χ1n) is 5.90. The number of carbonyl (C=O) groups is 1. The molecule has 0 spiro atoms. The zero-order valence-corrected chi connectivity index (χ0v) is 9.82. The lowest BCUT2D eigenvalue weighted by Crippen LogP contribution is -2.62. The molecule has 0 unspecified atom stereocenters. The topological polar surface area (TPSA) is 52.3 Å². The van der Waals surface area contributed by atoms with Crippen molar-refractivity contribution in [3.63, 3.8) is 0 Å². The Labute approximate surface area is 91.4 Å². The van der Waals surface area contributed by atoms with Crippen LogP contribution in [0.2, 0.25) is 0 Å². The molecule has 3 saturated carbocycles. The lowest BCUT2D eigenvalue weighted by atomic mass is 9.45. The van der Waals surface area contributed by atoms with Gasteiger partial charge < -0.3 is 10.5 Å². The molecular weight excluding hydrogens is 190 g/mol. The highest BCUT2D eigenvalue weighted by molar-refractivity contribution is 5.73. The summed E-state index contributed by atoms with van der Waals surface area (Å²) in [7, 11) is 0. The third-order valence-corrected chi connectivity index (χ3v) is 4.60. The average molecular weight is 211 g/mol. The van der Waals surface area contributed by atoms with Crippen molar-refractivity contribution in [3.8, 4) is 0 Å². The fraction of sp³-hybridized carbons (Fsp3) is 0.917. The van der Waals surface area contributed by atoms with Gasteiger partial charge in [0.2, 0.25) is 0 Å². The summed E-state index contributed by atoms with van der Waals surface area (Å²) in [5.74, 6) is 1.03. The molecule has 0 amide bonds. The van der Waals surface area contributed by atoms with E-state index in [0.29, 0.717) is 23.9 Å². The van der Waals surface area contributed by atoms with Crippen molar-refractivity contribution in [1.29, 1.82) is 0 Å². The van der Waals surface area contributed by atoms with E-state index < -0.39 is 0 Å². The molecule has 0 saturated heterocycles. The van der Waals surface area contributed by atoms with Gasteiger partial charge in [0.05, 0.1) is 12.5 Å². The molecule has 3 rings (SSSR count). The second kappa shape index (κ2) is 3.48. The first-order chi connectivity index (χ1) is 6.98. The van der Waals surface area contributed by atoms with Crippen LogP contribution < -0.4 is 5.73 Å².